The van der Waals surface area contributed by atoms with Gasteiger partial charge >= 0.3 is 11.9 Å². The first-order valence-corrected chi connectivity index (χ1v) is 9.75. The molecule has 5 aliphatic rings. The van der Waals surface area contributed by atoms with Crippen molar-refractivity contribution < 1.29 is 14.3 Å². The third-order valence-corrected chi connectivity index (χ3v) is 7.39. The molecule has 1 aliphatic heterocycles. The highest BCUT2D eigenvalue weighted by atomic mass is 32.1. The molecule has 0 saturated heterocycles. The smallest absolute Gasteiger partial charge is 0.346 e. The second-order valence-corrected chi connectivity index (χ2v) is 8.73. The van der Waals surface area contributed by atoms with Crippen molar-refractivity contribution in [3.05, 3.63) is 32.8 Å². The largest absolute Gasteiger partial charge is 0.386 e. The molecule has 0 radical (unpaired) electrons. The van der Waals surface area contributed by atoms with Crippen LogP contribution in [0.4, 0.5) is 0 Å². The van der Waals surface area contributed by atoms with E-state index in [1.807, 2.05) is 6.92 Å². The molecule has 1 aromatic heterocycles. The molecule has 124 valence electrons. The van der Waals surface area contributed by atoms with Gasteiger partial charge in [-0.1, -0.05) is 0 Å². The van der Waals surface area contributed by atoms with Crippen LogP contribution in [-0.2, 0) is 14.3 Å². The van der Waals surface area contributed by atoms with E-state index in [1.165, 1.54) is 42.7 Å². The molecule has 0 atom stereocenters. The Bertz CT molecular complexity index is 872. The molecule has 0 unspecified atom stereocenters. The van der Waals surface area contributed by atoms with E-state index in [1.54, 1.807) is 16.9 Å². The molecule has 0 aromatic carbocycles. The van der Waals surface area contributed by atoms with E-state index in [0.29, 0.717) is 5.57 Å². The molecule has 1 aromatic rings. The normalized spacial score (nSPS) is 35.4. The zero-order valence-corrected chi connectivity index (χ0v) is 14.5. The highest BCUT2D eigenvalue weighted by Gasteiger charge is 2.45. The summed E-state index contributed by atoms with van der Waals surface area (Å²) in [7, 11) is 0. The van der Waals surface area contributed by atoms with E-state index in [4.69, 9.17) is 0 Å². The van der Waals surface area contributed by atoms with Gasteiger partial charge < -0.3 is 4.74 Å². The lowest BCUT2D eigenvalue weighted by molar-refractivity contribution is -0.150. The minimum absolute atomic E-state index is 0.420. The minimum atomic E-state index is -0.548. The maximum absolute atomic E-state index is 11.9. The second-order valence-electron chi connectivity index (χ2n) is 7.81. The first-order chi connectivity index (χ1) is 11.6. The lowest BCUT2D eigenvalue weighted by Crippen LogP contribution is -2.43. The van der Waals surface area contributed by atoms with Gasteiger partial charge in [0.05, 0.1) is 5.57 Å². The van der Waals surface area contributed by atoms with Crippen LogP contribution in [0.15, 0.2) is 23.1 Å². The number of carbonyl (C=O) groups excluding carboxylic acids is 2. The first kappa shape index (κ1) is 14.6. The molecule has 4 heteroatoms. The van der Waals surface area contributed by atoms with Crippen molar-refractivity contribution in [3.8, 4) is 0 Å². The van der Waals surface area contributed by atoms with Crippen LogP contribution in [0.5, 0.6) is 0 Å². The number of rotatable bonds is 1. The van der Waals surface area contributed by atoms with Gasteiger partial charge in [-0.2, -0.15) is 0 Å². The maximum Gasteiger partial charge on any atom is 0.346 e. The molecular formula is C20H20O3S. The Kier molecular flexibility index (Phi) is 3.15. The molecule has 6 rings (SSSR count). The van der Waals surface area contributed by atoms with Crippen molar-refractivity contribution in [3.63, 3.8) is 0 Å². The fraction of sp³-hybridized carbons (Fsp3) is 0.500. The summed E-state index contributed by atoms with van der Waals surface area (Å²) < 4.78 is 6.03. The summed E-state index contributed by atoms with van der Waals surface area (Å²) >= 11 is 1.80. The van der Waals surface area contributed by atoms with Crippen LogP contribution in [0.1, 0.15) is 39.0 Å². The van der Waals surface area contributed by atoms with Gasteiger partial charge in [0, 0.05) is 10.6 Å². The Morgan fingerprint density at radius 2 is 1.75 bits per heavy atom. The lowest BCUT2D eigenvalue weighted by atomic mass is 9.54. The summed E-state index contributed by atoms with van der Waals surface area (Å²) in [5.41, 5.74) is 2.94. The second kappa shape index (κ2) is 5.16. The summed E-state index contributed by atoms with van der Waals surface area (Å²) in [6, 6.07) is 2.10. The predicted molar refractivity (Wildman–Crippen MR) is 92.3 cm³/mol. The Morgan fingerprint density at radius 3 is 2.33 bits per heavy atom. The van der Waals surface area contributed by atoms with Gasteiger partial charge in [-0.25, -0.2) is 9.59 Å². The SMILES string of the molecule is C/C(C1=CC(=O)OC1=O)=c1\ccsc1=C1[C@H]2CC3C[C@@H](C2)C[C@H]1C3. The van der Waals surface area contributed by atoms with E-state index in [2.05, 4.69) is 16.2 Å². The van der Waals surface area contributed by atoms with Gasteiger partial charge in [-0.3, -0.25) is 0 Å². The van der Waals surface area contributed by atoms with Crippen LogP contribution in [0.2, 0.25) is 0 Å². The molecule has 24 heavy (non-hydrogen) atoms. The van der Waals surface area contributed by atoms with Gasteiger partial charge in [-0.15, -0.1) is 11.3 Å². The number of hydrogen-bond donors (Lipinski definition) is 0. The van der Waals surface area contributed by atoms with Crippen molar-refractivity contribution in [1.82, 2.24) is 0 Å². The summed E-state index contributed by atoms with van der Waals surface area (Å²) in [6.45, 7) is 1.94. The molecule has 4 aliphatic carbocycles. The van der Waals surface area contributed by atoms with Gasteiger partial charge in [0.2, 0.25) is 0 Å². The molecule has 4 fully saturated rings. The Hall–Kier alpha value is -1.68. The van der Waals surface area contributed by atoms with Crippen LogP contribution in [0.25, 0.3) is 11.1 Å². The Balaban J connectivity index is 1.71. The van der Waals surface area contributed by atoms with Gasteiger partial charge in [0.1, 0.15) is 0 Å². The number of esters is 2. The summed E-state index contributed by atoms with van der Waals surface area (Å²) in [5.74, 6) is 2.29. The predicted octanol–water partition coefficient (Wildman–Crippen LogP) is 2.54. The highest BCUT2D eigenvalue weighted by Crippen LogP contribution is 2.56. The third kappa shape index (κ3) is 2.08. The van der Waals surface area contributed by atoms with E-state index in [-0.39, 0.29) is 0 Å². The number of carbonyl (C=O) groups is 2. The van der Waals surface area contributed by atoms with Crippen molar-refractivity contribution in [1.29, 1.82) is 0 Å². The van der Waals surface area contributed by atoms with Crippen molar-refractivity contribution >= 4 is 34.4 Å². The van der Waals surface area contributed by atoms with Gasteiger partial charge in [-0.05, 0) is 90.5 Å². The van der Waals surface area contributed by atoms with Crippen LogP contribution in [-0.4, -0.2) is 11.9 Å². The average Bonchev–Trinajstić information content (AvgIpc) is 3.12. The van der Waals surface area contributed by atoms with E-state index >= 15 is 0 Å². The third-order valence-electron chi connectivity index (χ3n) is 6.43. The monoisotopic (exact) mass is 340 g/mol. The quantitative estimate of drug-likeness (QED) is 0.583. The average molecular weight is 340 g/mol. The topological polar surface area (TPSA) is 43.4 Å². The van der Waals surface area contributed by atoms with Crippen LogP contribution in [0.3, 0.4) is 0 Å². The number of ether oxygens (including phenoxy) is 1. The van der Waals surface area contributed by atoms with Crippen molar-refractivity contribution in [2.24, 2.45) is 23.7 Å². The van der Waals surface area contributed by atoms with E-state index < -0.39 is 11.9 Å². The van der Waals surface area contributed by atoms with Crippen LogP contribution in [0, 0.1) is 23.7 Å². The molecular weight excluding hydrogens is 320 g/mol. The fourth-order valence-electron chi connectivity index (χ4n) is 5.65. The fourth-order valence-corrected chi connectivity index (χ4v) is 6.81. The summed E-state index contributed by atoms with van der Waals surface area (Å²) in [5, 5.41) is 3.25. The minimum Gasteiger partial charge on any atom is -0.386 e. The van der Waals surface area contributed by atoms with E-state index in [9.17, 15) is 9.59 Å². The van der Waals surface area contributed by atoms with Crippen molar-refractivity contribution in [2.45, 2.75) is 39.0 Å². The molecule has 0 spiro atoms. The molecule has 0 amide bonds. The zero-order valence-electron chi connectivity index (χ0n) is 13.7. The molecule has 4 saturated carbocycles. The van der Waals surface area contributed by atoms with E-state index in [0.717, 1.165) is 34.5 Å². The lowest BCUT2D eigenvalue weighted by Gasteiger charge is -2.51. The molecule has 2 heterocycles. The van der Waals surface area contributed by atoms with Crippen molar-refractivity contribution in [2.75, 3.05) is 0 Å². The Labute approximate surface area is 144 Å². The standard InChI is InChI=1S/C20H20O3S/c1-10(16-9-17(21)23-20(16)22)15-2-3-24-19(15)18-13-5-11-4-12(7-13)8-14(18)6-11/h2-3,9,11-14H,4-8H2,1H3/b15-10-,19-18?/t11-,12?,13+,14-. The summed E-state index contributed by atoms with van der Waals surface area (Å²) in [6.07, 6.45) is 8.18. The first-order valence-electron chi connectivity index (χ1n) is 8.87. The molecule has 3 nitrogen and oxygen atoms in total. The zero-order chi connectivity index (χ0) is 16.4. The van der Waals surface area contributed by atoms with Gasteiger partial charge in [0.15, 0.2) is 0 Å². The number of hydrogen-bond acceptors (Lipinski definition) is 4. The number of cyclic esters (lactones) is 2. The maximum atomic E-state index is 11.9. The van der Waals surface area contributed by atoms with Crippen LogP contribution < -0.4 is 9.75 Å². The highest BCUT2D eigenvalue weighted by molar-refractivity contribution is 7.07. The number of thiophene rings is 1. The molecule has 4 bridgehead atoms. The van der Waals surface area contributed by atoms with Crippen LogP contribution >= 0.6 is 11.3 Å². The van der Waals surface area contributed by atoms with Gasteiger partial charge in [0.25, 0.3) is 0 Å². The molecule has 0 N–H and O–H groups in total. The summed E-state index contributed by atoms with van der Waals surface area (Å²) in [4.78, 5) is 23.3. The Morgan fingerprint density at radius 1 is 1.08 bits per heavy atom.